The SMILES string of the molecule is CC(CC(N)=NO)N(C)S(=O)(=O)c1cccc(Cl)c1. The maximum absolute atomic E-state index is 12.3. The number of sulfonamides is 1. The summed E-state index contributed by atoms with van der Waals surface area (Å²) >= 11 is 5.79. The minimum absolute atomic E-state index is 0.0272. The van der Waals surface area contributed by atoms with Crippen molar-refractivity contribution in [2.24, 2.45) is 10.9 Å². The number of nitrogens with zero attached hydrogens (tertiary/aromatic N) is 2. The average Bonchev–Trinajstić information content (AvgIpc) is 2.37. The minimum atomic E-state index is -3.66. The summed E-state index contributed by atoms with van der Waals surface area (Å²) in [5, 5.41) is 11.7. The molecule has 0 aliphatic rings. The minimum Gasteiger partial charge on any atom is -0.409 e. The quantitative estimate of drug-likeness (QED) is 0.373. The molecule has 1 unspecified atom stereocenters. The third kappa shape index (κ3) is 3.82. The number of benzene rings is 1. The molecule has 0 aliphatic carbocycles. The van der Waals surface area contributed by atoms with Crippen LogP contribution in [0.5, 0.6) is 0 Å². The van der Waals surface area contributed by atoms with Crippen LogP contribution >= 0.6 is 11.6 Å². The highest BCUT2D eigenvalue weighted by Crippen LogP contribution is 2.20. The molecule has 8 heteroatoms. The van der Waals surface area contributed by atoms with Crippen LogP contribution in [0.25, 0.3) is 0 Å². The van der Waals surface area contributed by atoms with Gasteiger partial charge in [0.05, 0.1) is 4.90 Å². The molecule has 0 aliphatic heterocycles. The van der Waals surface area contributed by atoms with E-state index in [9.17, 15) is 8.42 Å². The zero-order valence-corrected chi connectivity index (χ0v) is 12.2. The summed E-state index contributed by atoms with van der Waals surface area (Å²) in [5.74, 6) is -0.0272. The van der Waals surface area contributed by atoms with Crippen LogP contribution in [-0.4, -0.2) is 36.9 Å². The van der Waals surface area contributed by atoms with Gasteiger partial charge in [-0.05, 0) is 25.1 Å². The smallest absolute Gasteiger partial charge is 0.243 e. The van der Waals surface area contributed by atoms with E-state index in [1.807, 2.05) is 0 Å². The number of hydrogen-bond acceptors (Lipinski definition) is 4. The maximum atomic E-state index is 12.3. The van der Waals surface area contributed by atoms with E-state index in [4.69, 9.17) is 22.5 Å². The molecule has 0 aromatic heterocycles. The van der Waals surface area contributed by atoms with E-state index >= 15 is 0 Å². The van der Waals surface area contributed by atoms with E-state index in [1.54, 1.807) is 19.1 Å². The van der Waals surface area contributed by atoms with E-state index in [0.29, 0.717) is 5.02 Å². The largest absolute Gasteiger partial charge is 0.409 e. The standard InChI is InChI=1S/C11H16ClN3O3S/c1-8(6-11(13)14-16)15(2)19(17,18)10-5-3-4-9(12)7-10/h3-5,7-8,16H,6H2,1-2H3,(H2,13,14). The second kappa shape index (κ2) is 6.23. The summed E-state index contributed by atoms with van der Waals surface area (Å²) in [6, 6.07) is 5.56. The van der Waals surface area contributed by atoms with Crippen LogP contribution in [0.3, 0.4) is 0 Å². The highest BCUT2D eigenvalue weighted by molar-refractivity contribution is 7.89. The third-order valence-corrected chi connectivity index (χ3v) is 4.93. The zero-order valence-electron chi connectivity index (χ0n) is 10.6. The fraction of sp³-hybridized carbons (Fsp3) is 0.364. The van der Waals surface area contributed by atoms with E-state index < -0.39 is 16.1 Å². The Morgan fingerprint density at radius 3 is 2.74 bits per heavy atom. The van der Waals surface area contributed by atoms with Crippen molar-refractivity contribution < 1.29 is 13.6 Å². The molecule has 0 spiro atoms. The second-order valence-corrected chi connectivity index (χ2v) is 6.56. The predicted octanol–water partition coefficient (Wildman–Crippen LogP) is 1.49. The lowest BCUT2D eigenvalue weighted by molar-refractivity contribution is 0.313. The van der Waals surface area contributed by atoms with Crippen molar-refractivity contribution in [2.45, 2.75) is 24.3 Å². The molecule has 1 atom stereocenters. The monoisotopic (exact) mass is 305 g/mol. The molecule has 6 nitrogen and oxygen atoms in total. The molecular formula is C11H16ClN3O3S. The first-order chi connectivity index (χ1) is 8.78. The van der Waals surface area contributed by atoms with Gasteiger partial charge in [0.2, 0.25) is 10.0 Å². The molecule has 0 amide bonds. The molecular weight excluding hydrogens is 290 g/mol. The van der Waals surface area contributed by atoms with Crippen molar-refractivity contribution in [3.8, 4) is 0 Å². The number of amidine groups is 1. The fourth-order valence-corrected chi connectivity index (χ4v) is 3.16. The molecule has 1 aromatic carbocycles. The van der Waals surface area contributed by atoms with Crippen LogP contribution in [-0.2, 0) is 10.0 Å². The second-order valence-electron chi connectivity index (χ2n) is 4.12. The topological polar surface area (TPSA) is 96.0 Å². The Morgan fingerprint density at radius 2 is 2.21 bits per heavy atom. The van der Waals surface area contributed by atoms with Gasteiger partial charge in [-0.3, -0.25) is 0 Å². The average molecular weight is 306 g/mol. The van der Waals surface area contributed by atoms with Crippen LogP contribution in [0, 0.1) is 0 Å². The van der Waals surface area contributed by atoms with Gasteiger partial charge >= 0.3 is 0 Å². The summed E-state index contributed by atoms with van der Waals surface area (Å²) in [5.41, 5.74) is 5.38. The van der Waals surface area contributed by atoms with Gasteiger partial charge in [0.25, 0.3) is 0 Å². The number of rotatable bonds is 5. The highest BCUT2D eigenvalue weighted by Gasteiger charge is 2.26. The Labute approximate surface area is 117 Å². The number of hydrogen-bond donors (Lipinski definition) is 2. The normalized spacial score (nSPS) is 14.6. The van der Waals surface area contributed by atoms with Gasteiger partial charge in [0.15, 0.2) is 0 Å². The molecule has 0 saturated carbocycles. The number of halogens is 1. The lowest BCUT2D eigenvalue weighted by atomic mass is 10.2. The lowest BCUT2D eigenvalue weighted by Crippen LogP contribution is -2.37. The van der Waals surface area contributed by atoms with Gasteiger partial charge in [-0.2, -0.15) is 4.31 Å². The molecule has 19 heavy (non-hydrogen) atoms. The van der Waals surface area contributed by atoms with Crippen molar-refractivity contribution in [3.05, 3.63) is 29.3 Å². The Kier molecular flexibility index (Phi) is 5.16. The van der Waals surface area contributed by atoms with Crippen molar-refractivity contribution >= 4 is 27.5 Å². The highest BCUT2D eigenvalue weighted by atomic mass is 35.5. The van der Waals surface area contributed by atoms with Crippen LogP contribution in [0.1, 0.15) is 13.3 Å². The first kappa shape index (κ1) is 15.7. The maximum Gasteiger partial charge on any atom is 0.243 e. The van der Waals surface area contributed by atoms with Crippen molar-refractivity contribution in [2.75, 3.05) is 7.05 Å². The van der Waals surface area contributed by atoms with Crippen molar-refractivity contribution in [1.82, 2.24) is 4.31 Å². The molecule has 0 heterocycles. The molecule has 0 radical (unpaired) electrons. The number of oxime groups is 1. The van der Waals surface area contributed by atoms with E-state index in [0.717, 1.165) is 4.31 Å². The molecule has 0 fully saturated rings. The lowest BCUT2D eigenvalue weighted by Gasteiger charge is -2.23. The van der Waals surface area contributed by atoms with Gasteiger partial charge in [-0.25, -0.2) is 8.42 Å². The fourth-order valence-electron chi connectivity index (χ4n) is 1.50. The van der Waals surface area contributed by atoms with Crippen LogP contribution in [0.2, 0.25) is 5.02 Å². The van der Waals surface area contributed by atoms with Gasteiger partial charge in [-0.15, -0.1) is 0 Å². The van der Waals surface area contributed by atoms with Crippen LogP contribution < -0.4 is 5.73 Å². The van der Waals surface area contributed by atoms with Gasteiger partial charge in [-0.1, -0.05) is 22.8 Å². The summed E-state index contributed by atoms with van der Waals surface area (Å²) in [7, 11) is -2.22. The summed E-state index contributed by atoms with van der Waals surface area (Å²) in [4.78, 5) is 0.105. The van der Waals surface area contributed by atoms with E-state index in [2.05, 4.69) is 5.16 Å². The Hall–Kier alpha value is -1.31. The van der Waals surface area contributed by atoms with Crippen molar-refractivity contribution in [1.29, 1.82) is 0 Å². The van der Waals surface area contributed by atoms with Crippen LogP contribution in [0.4, 0.5) is 0 Å². The predicted molar refractivity (Wildman–Crippen MR) is 73.9 cm³/mol. The van der Waals surface area contributed by atoms with Gasteiger partial charge in [0.1, 0.15) is 5.84 Å². The van der Waals surface area contributed by atoms with Gasteiger partial charge in [0, 0.05) is 24.5 Å². The Balaban J connectivity index is 3.00. The Morgan fingerprint density at radius 1 is 1.58 bits per heavy atom. The van der Waals surface area contributed by atoms with Crippen LogP contribution in [0.15, 0.2) is 34.3 Å². The molecule has 0 saturated heterocycles. The zero-order chi connectivity index (χ0) is 14.6. The van der Waals surface area contributed by atoms with E-state index in [-0.39, 0.29) is 17.2 Å². The molecule has 106 valence electrons. The molecule has 1 rings (SSSR count). The third-order valence-electron chi connectivity index (χ3n) is 2.73. The molecule has 0 bridgehead atoms. The number of nitrogens with two attached hydrogens (primary N) is 1. The first-order valence-electron chi connectivity index (χ1n) is 5.49. The summed E-state index contributed by atoms with van der Waals surface area (Å²) < 4.78 is 25.8. The van der Waals surface area contributed by atoms with Gasteiger partial charge < -0.3 is 10.9 Å². The summed E-state index contributed by atoms with van der Waals surface area (Å²) in [6.45, 7) is 1.67. The summed E-state index contributed by atoms with van der Waals surface area (Å²) in [6.07, 6.45) is 0.132. The molecule has 1 aromatic rings. The Bertz CT molecular complexity index is 574. The van der Waals surface area contributed by atoms with Crippen molar-refractivity contribution in [3.63, 3.8) is 0 Å². The first-order valence-corrected chi connectivity index (χ1v) is 7.31. The van der Waals surface area contributed by atoms with E-state index in [1.165, 1.54) is 19.2 Å². The molecule has 3 N–H and O–H groups in total.